The molecule has 2 heterocycles. The topological polar surface area (TPSA) is 166 Å². The van der Waals surface area contributed by atoms with E-state index in [1.165, 1.54) is 54.8 Å². The van der Waals surface area contributed by atoms with Crippen molar-refractivity contribution in [1.82, 2.24) is 20.8 Å². The number of sulfonamides is 1. The molecule has 5 N–H and O–H groups in total. The summed E-state index contributed by atoms with van der Waals surface area (Å²) in [5.74, 6) is -1.43. The molecule has 31 heavy (non-hydrogen) atoms. The Bertz CT molecular complexity index is 1440. The minimum Gasteiger partial charge on any atom is -0.459 e. The van der Waals surface area contributed by atoms with Gasteiger partial charge in [-0.3, -0.25) is 25.2 Å². The molecule has 12 heteroatoms. The molecule has 4 rings (SSSR count). The van der Waals surface area contributed by atoms with Crippen molar-refractivity contribution in [2.24, 2.45) is 0 Å². The second kappa shape index (κ2) is 7.84. The minimum atomic E-state index is -4.09. The van der Waals surface area contributed by atoms with Crippen LogP contribution in [0.4, 0.5) is 5.69 Å². The van der Waals surface area contributed by atoms with Gasteiger partial charge in [0.05, 0.1) is 33.4 Å². The Balaban J connectivity index is 1.55. The standard InChI is InChI=1S/C19H15N5O6S/c25-17(22-23-18(26)16-6-3-9-30-16)12-4-1-2-5-13(12)24-31(28,29)11-7-8-14-15(10-11)21-19(27)20-14/h1-10,24H,(H,22,25)(H,23,26)(H2,20,21,27). The van der Waals surface area contributed by atoms with Crippen molar-refractivity contribution in [2.75, 3.05) is 4.72 Å². The van der Waals surface area contributed by atoms with Gasteiger partial charge in [-0.2, -0.15) is 0 Å². The summed E-state index contributed by atoms with van der Waals surface area (Å²) in [4.78, 5) is 40.7. The first kappa shape index (κ1) is 20.0. The number of benzene rings is 2. The molecule has 0 fully saturated rings. The summed E-state index contributed by atoms with van der Waals surface area (Å²) in [5.41, 5.74) is 4.66. The maximum absolute atomic E-state index is 12.8. The van der Waals surface area contributed by atoms with Crippen LogP contribution < -0.4 is 21.3 Å². The average Bonchev–Trinajstić information content (AvgIpc) is 3.40. The number of carbonyl (C=O) groups excluding carboxylic acids is 2. The summed E-state index contributed by atoms with van der Waals surface area (Å²) < 4.78 is 32.9. The second-order valence-corrected chi connectivity index (χ2v) is 8.01. The van der Waals surface area contributed by atoms with E-state index >= 15 is 0 Å². The number of hydrogen-bond acceptors (Lipinski definition) is 6. The Morgan fingerprint density at radius 1 is 0.871 bits per heavy atom. The Labute approximate surface area is 174 Å². The van der Waals surface area contributed by atoms with Crippen molar-refractivity contribution >= 4 is 38.6 Å². The molecule has 0 atom stereocenters. The summed E-state index contributed by atoms with van der Waals surface area (Å²) >= 11 is 0. The summed E-state index contributed by atoms with van der Waals surface area (Å²) in [6, 6.07) is 12.9. The molecule has 0 aliphatic carbocycles. The predicted molar refractivity (Wildman–Crippen MR) is 110 cm³/mol. The average molecular weight is 441 g/mol. The molecule has 0 aliphatic heterocycles. The SMILES string of the molecule is O=C(NNC(=O)c1ccccc1NS(=O)(=O)c1ccc2[nH]c(=O)[nH]c2c1)c1ccco1. The fraction of sp³-hybridized carbons (Fsp3) is 0. The third-order valence-corrected chi connectivity index (χ3v) is 5.61. The largest absolute Gasteiger partial charge is 0.459 e. The van der Waals surface area contributed by atoms with Gasteiger partial charge >= 0.3 is 11.6 Å². The van der Waals surface area contributed by atoms with Gasteiger partial charge in [-0.15, -0.1) is 0 Å². The van der Waals surface area contributed by atoms with Gasteiger partial charge in [-0.1, -0.05) is 12.1 Å². The van der Waals surface area contributed by atoms with E-state index in [9.17, 15) is 22.8 Å². The number of para-hydroxylation sites is 1. The maximum Gasteiger partial charge on any atom is 0.323 e. The fourth-order valence-electron chi connectivity index (χ4n) is 2.80. The molecule has 11 nitrogen and oxygen atoms in total. The van der Waals surface area contributed by atoms with E-state index in [1.807, 2.05) is 0 Å². The first-order chi connectivity index (χ1) is 14.8. The molecular weight excluding hydrogens is 426 g/mol. The zero-order valence-electron chi connectivity index (χ0n) is 15.6. The molecule has 2 amide bonds. The number of furan rings is 1. The number of fused-ring (bicyclic) bond motifs is 1. The lowest BCUT2D eigenvalue weighted by Gasteiger charge is -2.13. The number of imidazole rings is 1. The molecular formula is C19H15N5O6S. The van der Waals surface area contributed by atoms with Crippen molar-refractivity contribution in [3.8, 4) is 0 Å². The number of aromatic nitrogens is 2. The van der Waals surface area contributed by atoms with E-state index in [0.717, 1.165) is 0 Å². The van der Waals surface area contributed by atoms with Gasteiger partial charge in [0, 0.05) is 0 Å². The summed E-state index contributed by atoms with van der Waals surface area (Å²) in [6.45, 7) is 0. The molecule has 0 radical (unpaired) electrons. The molecule has 158 valence electrons. The Morgan fingerprint density at radius 3 is 2.39 bits per heavy atom. The van der Waals surface area contributed by atoms with Crippen molar-refractivity contribution in [3.63, 3.8) is 0 Å². The quantitative estimate of drug-likeness (QED) is 0.293. The highest BCUT2D eigenvalue weighted by Crippen LogP contribution is 2.22. The summed E-state index contributed by atoms with van der Waals surface area (Å²) in [5, 5.41) is 0. The fourth-order valence-corrected chi connectivity index (χ4v) is 3.91. The molecule has 0 bridgehead atoms. The van der Waals surface area contributed by atoms with Gasteiger partial charge in [0.1, 0.15) is 0 Å². The van der Waals surface area contributed by atoms with Gasteiger partial charge in [-0.05, 0) is 42.5 Å². The second-order valence-electron chi connectivity index (χ2n) is 6.32. The van der Waals surface area contributed by atoms with Crippen LogP contribution in [-0.4, -0.2) is 30.2 Å². The Hall–Kier alpha value is -4.32. The third-order valence-electron chi connectivity index (χ3n) is 4.25. The molecule has 2 aromatic carbocycles. The van der Waals surface area contributed by atoms with Crippen LogP contribution in [0.5, 0.6) is 0 Å². The molecule has 0 saturated heterocycles. The van der Waals surface area contributed by atoms with Crippen LogP contribution in [0.25, 0.3) is 11.0 Å². The summed E-state index contributed by atoms with van der Waals surface area (Å²) in [6.07, 6.45) is 1.31. The first-order valence-corrected chi connectivity index (χ1v) is 10.3. The van der Waals surface area contributed by atoms with E-state index < -0.39 is 27.5 Å². The van der Waals surface area contributed by atoms with Gasteiger partial charge in [0.25, 0.3) is 15.9 Å². The Morgan fingerprint density at radius 2 is 1.61 bits per heavy atom. The monoisotopic (exact) mass is 441 g/mol. The van der Waals surface area contributed by atoms with E-state index in [1.54, 1.807) is 6.07 Å². The number of carbonyl (C=O) groups is 2. The molecule has 0 unspecified atom stereocenters. The van der Waals surface area contributed by atoms with E-state index in [4.69, 9.17) is 4.42 Å². The summed E-state index contributed by atoms with van der Waals surface area (Å²) in [7, 11) is -4.09. The van der Waals surface area contributed by atoms with Crippen LogP contribution in [0.1, 0.15) is 20.9 Å². The lowest BCUT2D eigenvalue weighted by Crippen LogP contribution is -2.41. The number of hydrogen-bond donors (Lipinski definition) is 5. The first-order valence-electron chi connectivity index (χ1n) is 8.81. The number of anilines is 1. The van der Waals surface area contributed by atoms with Crippen LogP contribution in [0, 0.1) is 0 Å². The lowest BCUT2D eigenvalue weighted by atomic mass is 10.2. The highest BCUT2D eigenvalue weighted by atomic mass is 32.2. The van der Waals surface area contributed by atoms with Crippen molar-refractivity contribution < 1.29 is 22.4 Å². The molecule has 0 aliphatic rings. The van der Waals surface area contributed by atoms with E-state index in [0.29, 0.717) is 11.0 Å². The molecule has 4 aromatic rings. The third kappa shape index (κ3) is 4.18. The van der Waals surface area contributed by atoms with Crippen LogP contribution in [0.15, 0.2) is 75.0 Å². The zero-order chi connectivity index (χ0) is 22.0. The smallest absolute Gasteiger partial charge is 0.323 e. The number of H-pyrrole nitrogens is 2. The number of aromatic amines is 2. The van der Waals surface area contributed by atoms with Crippen molar-refractivity contribution in [1.29, 1.82) is 0 Å². The van der Waals surface area contributed by atoms with Crippen LogP contribution >= 0.6 is 0 Å². The number of rotatable bonds is 5. The molecule has 0 saturated carbocycles. The van der Waals surface area contributed by atoms with E-state index in [2.05, 4.69) is 25.5 Å². The van der Waals surface area contributed by atoms with Crippen LogP contribution in [-0.2, 0) is 10.0 Å². The van der Waals surface area contributed by atoms with Crippen molar-refractivity contribution in [3.05, 3.63) is 82.7 Å². The number of hydrazine groups is 1. The zero-order valence-corrected chi connectivity index (χ0v) is 16.4. The highest BCUT2D eigenvalue weighted by molar-refractivity contribution is 7.92. The number of nitrogens with one attached hydrogen (secondary N) is 5. The van der Waals surface area contributed by atoms with Crippen LogP contribution in [0.2, 0.25) is 0 Å². The predicted octanol–water partition coefficient (Wildman–Crippen LogP) is 1.32. The maximum atomic E-state index is 12.8. The van der Waals surface area contributed by atoms with Gasteiger partial charge < -0.3 is 14.4 Å². The normalized spacial score (nSPS) is 11.2. The van der Waals surface area contributed by atoms with Gasteiger partial charge in [0.2, 0.25) is 0 Å². The lowest BCUT2D eigenvalue weighted by molar-refractivity contribution is 0.0831. The molecule has 0 spiro atoms. The minimum absolute atomic E-state index is 0.00472. The molecule has 2 aromatic heterocycles. The van der Waals surface area contributed by atoms with E-state index in [-0.39, 0.29) is 21.9 Å². The van der Waals surface area contributed by atoms with Gasteiger partial charge in [-0.25, -0.2) is 13.2 Å². The Kier molecular flexibility index (Phi) is 5.05. The van der Waals surface area contributed by atoms with Crippen molar-refractivity contribution in [2.45, 2.75) is 4.90 Å². The van der Waals surface area contributed by atoms with Crippen LogP contribution in [0.3, 0.4) is 0 Å². The number of amides is 2. The highest BCUT2D eigenvalue weighted by Gasteiger charge is 2.20. The van der Waals surface area contributed by atoms with Gasteiger partial charge in [0.15, 0.2) is 5.76 Å².